The van der Waals surface area contributed by atoms with Gasteiger partial charge in [0.2, 0.25) is 0 Å². The molecule has 0 atom stereocenters. The average Bonchev–Trinajstić information content (AvgIpc) is 2.47. The minimum Gasteiger partial charge on any atom is -0.317 e. The summed E-state index contributed by atoms with van der Waals surface area (Å²) in [7, 11) is 0. The van der Waals surface area contributed by atoms with Gasteiger partial charge in [0.15, 0.2) is 0 Å². The predicted molar refractivity (Wildman–Crippen MR) is 83.5 cm³/mol. The Kier molecular flexibility index (Phi) is 9.67. The third-order valence-corrected chi connectivity index (χ3v) is 3.34. The zero-order chi connectivity index (χ0) is 14.0. The number of piperidine rings is 1. The van der Waals surface area contributed by atoms with Crippen LogP contribution in [0.3, 0.4) is 0 Å². The predicted octanol–water partition coefficient (Wildman–Crippen LogP) is 4.82. The van der Waals surface area contributed by atoms with Crippen molar-refractivity contribution in [2.45, 2.75) is 60.3 Å². The molecule has 0 unspecified atom stereocenters. The summed E-state index contributed by atoms with van der Waals surface area (Å²) < 4.78 is 0. The van der Waals surface area contributed by atoms with E-state index in [0.717, 1.165) is 5.92 Å². The Labute approximate surface area is 114 Å². The molecule has 0 radical (unpaired) electrons. The molecule has 0 spiro atoms. The highest BCUT2D eigenvalue weighted by Crippen LogP contribution is 2.26. The maximum Gasteiger partial charge on any atom is -0.00431 e. The molecule has 1 fully saturated rings. The monoisotopic (exact) mass is 249 g/mol. The highest BCUT2D eigenvalue weighted by Gasteiger charge is 2.14. The molecule has 1 aliphatic rings. The van der Waals surface area contributed by atoms with Gasteiger partial charge in [0.25, 0.3) is 0 Å². The van der Waals surface area contributed by atoms with Crippen LogP contribution in [0.15, 0.2) is 18.2 Å². The lowest BCUT2D eigenvalue weighted by Crippen LogP contribution is -2.26. The first-order chi connectivity index (χ1) is 8.77. The Hall–Kier alpha value is -0.820. The van der Waals surface area contributed by atoms with Gasteiger partial charge in [-0.05, 0) is 62.4 Å². The molecule has 1 heterocycles. The number of benzene rings is 1. The van der Waals surface area contributed by atoms with Crippen LogP contribution >= 0.6 is 0 Å². The molecule has 1 aromatic rings. The molecule has 0 aliphatic carbocycles. The molecule has 1 aromatic carbocycles. The average molecular weight is 249 g/mol. The summed E-state index contributed by atoms with van der Waals surface area (Å²) in [5.41, 5.74) is 4.37. The molecule has 0 aromatic heterocycles. The molecule has 18 heavy (non-hydrogen) atoms. The van der Waals surface area contributed by atoms with Crippen molar-refractivity contribution in [1.82, 2.24) is 5.32 Å². The molecule has 0 saturated carbocycles. The summed E-state index contributed by atoms with van der Waals surface area (Å²) >= 11 is 0. The van der Waals surface area contributed by atoms with E-state index in [1.165, 1.54) is 42.6 Å². The van der Waals surface area contributed by atoms with E-state index >= 15 is 0 Å². The smallest absolute Gasteiger partial charge is 0.00431 e. The zero-order valence-corrected chi connectivity index (χ0v) is 13.1. The number of rotatable bonds is 1. The normalized spacial score (nSPS) is 15.0. The molecule has 1 nitrogen and oxygen atoms in total. The molecule has 0 amide bonds. The van der Waals surface area contributed by atoms with Crippen LogP contribution in [0, 0.1) is 13.8 Å². The Morgan fingerprint density at radius 1 is 0.889 bits per heavy atom. The summed E-state index contributed by atoms with van der Waals surface area (Å²) in [4.78, 5) is 0. The van der Waals surface area contributed by atoms with Gasteiger partial charge in [0, 0.05) is 0 Å². The van der Waals surface area contributed by atoms with Gasteiger partial charge in [-0.25, -0.2) is 0 Å². The van der Waals surface area contributed by atoms with Crippen molar-refractivity contribution in [3.8, 4) is 0 Å². The first-order valence-electron chi connectivity index (χ1n) is 7.55. The fourth-order valence-electron chi connectivity index (χ4n) is 2.17. The molecule has 0 bridgehead atoms. The van der Waals surface area contributed by atoms with Crippen LogP contribution in [0.5, 0.6) is 0 Å². The van der Waals surface area contributed by atoms with Crippen LogP contribution in [0.1, 0.15) is 63.1 Å². The highest BCUT2D eigenvalue weighted by molar-refractivity contribution is 5.32. The van der Waals surface area contributed by atoms with Crippen molar-refractivity contribution in [2.24, 2.45) is 0 Å². The van der Waals surface area contributed by atoms with Crippen molar-refractivity contribution in [3.05, 3.63) is 34.9 Å². The van der Waals surface area contributed by atoms with Crippen LogP contribution in [-0.2, 0) is 0 Å². The van der Waals surface area contributed by atoms with Crippen LogP contribution in [-0.4, -0.2) is 13.1 Å². The fourth-order valence-corrected chi connectivity index (χ4v) is 2.17. The van der Waals surface area contributed by atoms with Crippen LogP contribution in [0.2, 0.25) is 0 Å². The van der Waals surface area contributed by atoms with E-state index < -0.39 is 0 Å². The summed E-state index contributed by atoms with van der Waals surface area (Å²) in [6, 6.07) is 6.93. The van der Waals surface area contributed by atoms with Crippen molar-refractivity contribution >= 4 is 0 Å². The SMILES string of the molecule is CC.CC.Cc1ccc(C2CCNCC2)cc1C. The first-order valence-corrected chi connectivity index (χ1v) is 7.55. The Morgan fingerprint density at radius 2 is 1.44 bits per heavy atom. The topological polar surface area (TPSA) is 12.0 Å². The Bertz CT molecular complexity index is 311. The number of nitrogens with one attached hydrogen (secondary N) is 1. The summed E-state index contributed by atoms with van der Waals surface area (Å²) in [5, 5.41) is 3.41. The molecule has 104 valence electrons. The quantitative estimate of drug-likeness (QED) is 0.752. The number of hydrogen-bond donors (Lipinski definition) is 1. The summed E-state index contributed by atoms with van der Waals surface area (Å²) in [5.74, 6) is 0.788. The van der Waals surface area contributed by atoms with E-state index in [0.29, 0.717) is 0 Å². The van der Waals surface area contributed by atoms with Crippen molar-refractivity contribution < 1.29 is 0 Å². The second kappa shape index (κ2) is 10.1. The van der Waals surface area contributed by atoms with Crippen molar-refractivity contribution in [2.75, 3.05) is 13.1 Å². The minimum absolute atomic E-state index is 0.788. The minimum atomic E-state index is 0.788. The van der Waals surface area contributed by atoms with Gasteiger partial charge < -0.3 is 5.32 Å². The maximum absolute atomic E-state index is 3.41. The van der Waals surface area contributed by atoms with E-state index in [4.69, 9.17) is 0 Å². The molecule has 1 heteroatoms. The lowest BCUT2D eigenvalue weighted by molar-refractivity contribution is 0.460. The first kappa shape index (κ1) is 17.2. The molecular formula is C17H31N. The van der Waals surface area contributed by atoms with E-state index in [1.807, 2.05) is 27.7 Å². The molecule has 1 aliphatic heterocycles. The van der Waals surface area contributed by atoms with Gasteiger partial charge in [0.05, 0.1) is 0 Å². The Balaban J connectivity index is 0.000000659. The van der Waals surface area contributed by atoms with Crippen LogP contribution < -0.4 is 5.32 Å². The van der Waals surface area contributed by atoms with Crippen LogP contribution in [0.25, 0.3) is 0 Å². The number of aryl methyl sites for hydroxylation is 2. The molecule has 1 N–H and O–H groups in total. The van der Waals surface area contributed by atoms with Gasteiger partial charge in [0.1, 0.15) is 0 Å². The van der Waals surface area contributed by atoms with Crippen LogP contribution in [0.4, 0.5) is 0 Å². The van der Waals surface area contributed by atoms with E-state index in [9.17, 15) is 0 Å². The standard InChI is InChI=1S/C13H19N.2C2H6/c1-10-3-4-13(9-11(10)2)12-5-7-14-8-6-12;2*1-2/h3-4,9,12,14H,5-8H2,1-2H3;2*1-2H3. The van der Waals surface area contributed by atoms with Gasteiger partial charge >= 0.3 is 0 Å². The third-order valence-electron chi connectivity index (χ3n) is 3.34. The maximum atomic E-state index is 3.41. The number of hydrogen-bond acceptors (Lipinski definition) is 1. The summed E-state index contributed by atoms with van der Waals surface area (Å²) in [6.45, 7) is 14.7. The van der Waals surface area contributed by atoms with Gasteiger partial charge in [-0.15, -0.1) is 0 Å². The molecule has 2 rings (SSSR count). The van der Waals surface area contributed by atoms with Gasteiger partial charge in [-0.2, -0.15) is 0 Å². The lowest BCUT2D eigenvalue weighted by Gasteiger charge is -2.23. The molecule has 1 saturated heterocycles. The molecular weight excluding hydrogens is 218 g/mol. The summed E-state index contributed by atoms with van der Waals surface area (Å²) in [6.07, 6.45) is 2.59. The second-order valence-corrected chi connectivity index (χ2v) is 4.37. The second-order valence-electron chi connectivity index (χ2n) is 4.37. The zero-order valence-electron chi connectivity index (χ0n) is 13.1. The van der Waals surface area contributed by atoms with Gasteiger partial charge in [-0.1, -0.05) is 45.9 Å². The van der Waals surface area contributed by atoms with E-state index in [-0.39, 0.29) is 0 Å². The lowest BCUT2D eigenvalue weighted by atomic mass is 9.89. The Morgan fingerprint density at radius 3 is 1.94 bits per heavy atom. The van der Waals surface area contributed by atoms with E-state index in [2.05, 4.69) is 37.4 Å². The van der Waals surface area contributed by atoms with Gasteiger partial charge in [-0.3, -0.25) is 0 Å². The van der Waals surface area contributed by atoms with Crippen molar-refractivity contribution in [3.63, 3.8) is 0 Å². The fraction of sp³-hybridized carbons (Fsp3) is 0.647. The van der Waals surface area contributed by atoms with E-state index in [1.54, 1.807) is 0 Å². The highest BCUT2D eigenvalue weighted by atomic mass is 14.9. The largest absolute Gasteiger partial charge is 0.317 e. The third kappa shape index (κ3) is 5.22. The van der Waals surface area contributed by atoms with Crippen molar-refractivity contribution in [1.29, 1.82) is 0 Å².